The van der Waals surface area contributed by atoms with E-state index < -0.39 is 28.5 Å². The van der Waals surface area contributed by atoms with Crippen LogP contribution in [0.25, 0.3) is 0 Å². The predicted molar refractivity (Wildman–Crippen MR) is 138 cm³/mol. The molecular weight excluding hydrogens is 497 g/mol. The van der Waals surface area contributed by atoms with Crippen LogP contribution in [0.3, 0.4) is 0 Å². The minimum absolute atomic E-state index is 0.0512. The van der Waals surface area contributed by atoms with E-state index in [0.29, 0.717) is 27.8 Å². The van der Waals surface area contributed by atoms with E-state index in [0.717, 1.165) is 29.0 Å². The number of rotatable bonds is 11. The van der Waals surface area contributed by atoms with Crippen LogP contribution in [-0.2, 0) is 32.6 Å². The number of anilines is 1. The van der Waals surface area contributed by atoms with Gasteiger partial charge in [-0.1, -0.05) is 55.2 Å². The van der Waals surface area contributed by atoms with Gasteiger partial charge in [0, 0.05) is 28.7 Å². The first kappa shape index (κ1) is 28.0. The Morgan fingerprint density at radius 1 is 1.03 bits per heavy atom. The van der Waals surface area contributed by atoms with Crippen molar-refractivity contribution in [3.8, 4) is 0 Å². The smallest absolute Gasteiger partial charge is 0.244 e. The summed E-state index contributed by atoms with van der Waals surface area (Å²) in [5.74, 6) is -0.906. The van der Waals surface area contributed by atoms with Gasteiger partial charge in [-0.3, -0.25) is 13.9 Å². The summed E-state index contributed by atoms with van der Waals surface area (Å²) in [6.07, 6.45) is 2.58. The van der Waals surface area contributed by atoms with Crippen molar-refractivity contribution in [2.45, 2.75) is 46.2 Å². The Balaban J connectivity index is 2.42. The van der Waals surface area contributed by atoms with Crippen molar-refractivity contribution in [1.82, 2.24) is 10.2 Å². The number of aryl methyl sites for hydroxylation is 1. The first-order chi connectivity index (χ1) is 16.0. The Hall–Kier alpha value is -2.29. The summed E-state index contributed by atoms with van der Waals surface area (Å²) in [6.45, 7) is 5.44. The molecular formula is C24H31Cl2N3O4S. The van der Waals surface area contributed by atoms with Crippen LogP contribution in [0.4, 0.5) is 5.69 Å². The van der Waals surface area contributed by atoms with Crippen LogP contribution in [0.15, 0.2) is 42.5 Å². The van der Waals surface area contributed by atoms with Crippen molar-refractivity contribution in [2.24, 2.45) is 0 Å². The Morgan fingerprint density at radius 3 is 2.12 bits per heavy atom. The lowest BCUT2D eigenvalue weighted by atomic mass is 10.1. The fourth-order valence-corrected chi connectivity index (χ4v) is 4.71. The van der Waals surface area contributed by atoms with E-state index in [4.69, 9.17) is 23.2 Å². The Kier molecular flexibility index (Phi) is 10.2. The molecule has 1 atom stereocenters. The normalized spacial score (nSPS) is 12.2. The maximum atomic E-state index is 13.5. The second-order valence-corrected chi connectivity index (χ2v) is 10.7. The van der Waals surface area contributed by atoms with E-state index in [1.54, 1.807) is 37.3 Å². The van der Waals surface area contributed by atoms with Gasteiger partial charge in [0.2, 0.25) is 21.8 Å². The molecule has 10 heteroatoms. The van der Waals surface area contributed by atoms with Crippen molar-refractivity contribution >= 4 is 50.7 Å². The summed E-state index contributed by atoms with van der Waals surface area (Å²) in [5.41, 5.74) is 1.89. The first-order valence-corrected chi connectivity index (χ1v) is 13.7. The summed E-state index contributed by atoms with van der Waals surface area (Å²) in [4.78, 5) is 27.5. The number of carbonyl (C=O) groups is 2. The van der Waals surface area contributed by atoms with Crippen LogP contribution in [0.1, 0.15) is 38.3 Å². The predicted octanol–water partition coefficient (Wildman–Crippen LogP) is 4.27. The summed E-state index contributed by atoms with van der Waals surface area (Å²) in [6, 6.07) is 11.1. The van der Waals surface area contributed by atoms with Crippen LogP contribution in [-0.4, -0.2) is 50.5 Å². The third-order valence-corrected chi connectivity index (χ3v) is 7.27. The van der Waals surface area contributed by atoms with E-state index >= 15 is 0 Å². The molecule has 2 amide bonds. The fraction of sp³-hybridized carbons (Fsp3) is 0.417. The maximum absolute atomic E-state index is 13.5. The maximum Gasteiger partial charge on any atom is 0.244 e. The Labute approximate surface area is 212 Å². The van der Waals surface area contributed by atoms with E-state index in [2.05, 4.69) is 5.32 Å². The van der Waals surface area contributed by atoms with Crippen LogP contribution in [0, 0.1) is 0 Å². The summed E-state index contributed by atoms with van der Waals surface area (Å²) >= 11 is 12.6. The fourth-order valence-electron chi connectivity index (χ4n) is 3.34. The van der Waals surface area contributed by atoms with Gasteiger partial charge >= 0.3 is 0 Å². The van der Waals surface area contributed by atoms with Crippen molar-refractivity contribution in [3.63, 3.8) is 0 Å². The zero-order valence-corrected chi connectivity index (χ0v) is 22.2. The monoisotopic (exact) mass is 527 g/mol. The Bertz CT molecular complexity index is 1090. The molecule has 1 N–H and O–H groups in total. The molecule has 0 fully saturated rings. The summed E-state index contributed by atoms with van der Waals surface area (Å²) in [5, 5.41) is 3.48. The van der Waals surface area contributed by atoms with Gasteiger partial charge in [0.05, 0.1) is 11.9 Å². The van der Waals surface area contributed by atoms with Crippen LogP contribution in [0.2, 0.25) is 10.0 Å². The average Bonchev–Trinajstić information content (AvgIpc) is 2.79. The molecule has 0 aromatic heterocycles. The number of carbonyl (C=O) groups excluding carboxylic acids is 2. The van der Waals surface area contributed by atoms with Gasteiger partial charge in [-0.25, -0.2) is 8.42 Å². The zero-order valence-electron chi connectivity index (χ0n) is 19.8. The SMILES string of the molecule is CCCNC(=O)[C@H](C)N(Cc1c(Cl)cccc1Cl)C(=O)CN(c1ccc(CC)cc1)S(C)(=O)=O. The first-order valence-electron chi connectivity index (χ1n) is 11.1. The van der Waals surface area contributed by atoms with E-state index in [-0.39, 0.29) is 12.5 Å². The van der Waals surface area contributed by atoms with Gasteiger partial charge < -0.3 is 10.2 Å². The van der Waals surface area contributed by atoms with Gasteiger partial charge in [0.15, 0.2) is 0 Å². The molecule has 7 nitrogen and oxygen atoms in total. The van der Waals surface area contributed by atoms with Gasteiger partial charge in [-0.05, 0) is 49.6 Å². The van der Waals surface area contributed by atoms with Gasteiger partial charge in [-0.15, -0.1) is 0 Å². The minimum Gasteiger partial charge on any atom is -0.354 e. The van der Waals surface area contributed by atoms with E-state index in [1.165, 1.54) is 4.90 Å². The number of sulfonamides is 1. The van der Waals surface area contributed by atoms with Crippen molar-refractivity contribution in [1.29, 1.82) is 0 Å². The topological polar surface area (TPSA) is 86.8 Å². The average molecular weight is 529 g/mol. The molecule has 186 valence electrons. The number of nitrogens with one attached hydrogen (secondary N) is 1. The Morgan fingerprint density at radius 2 is 1.62 bits per heavy atom. The standard InChI is InChI=1S/C24H31Cl2N3O4S/c1-5-14-27-24(31)17(3)28(15-20-21(25)8-7-9-22(20)26)23(30)16-29(34(4,32)33)19-12-10-18(6-2)11-13-19/h7-13,17H,5-6,14-16H2,1-4H3,(H,27,31)/t17-/m0/s1. The molecule has 2 aromatic carbocycles. The molecule has 34 heavy (non-hydrogen) atoms. The van der Waals surface area contributed by atoms with Crippen molar-refractivity contribution in [3.05, 3.63) is 63.6 Å². The number of hydrogen-bond donors (Lipinski definition) is 1. The zero-order chi connectivity index (χ0) is 25.5. The molecule has 0 aliphatic carbocycles. The number of halogens is 2. The lowest BCUT2D eigenvalue weighted by Gasteiger charge is -2.32. The molecule has 0 spiro atoms. The highest BCUT2D eigenvalue weighted by atomic mass is 35.5. The lowest BCUT2D eigenvalue weighted by molar-refractivity contribution is -0.139. The summed E-state index contributed by atoms with van der Waals surface area (Å²) in [7, 11) is -3.78. The quantitative estimate of drug-likeness (QED) is 0.472. The molecule has 2 rings (SSSR count). The largest absolute Gasteiger partial charge is 0.354 e. The molecule has 0 heterocycles. The summed E-state index contributed by atoms with van der Waals surface area (Å²) < 4.78 is 26.2. The molecule has 0 saturated carbocycles. The highest BCUT2D eigenvalue weighted by molar-refractivity contribution is 7.92. The third kappa shape index (κ3) is 7.35. The van der Waals surface area contributed by atoms with E-state index in [1.807, 2.05) is 26.0 Å². The van der Waals surface area contributed by atoms with E-state index in [9.17, 15) is 18.0 Å². The number of nitrogens with zero attached hydrogens (tertiary/aromatic N) is 2. The number of hydrogen-bond acceptors (Lipinski definition) is 4. The van der Waals surface area contributed by atoms with Gasteiger partial charge in [0.1, 0.15) is 12.6 Å². The van der Waals surface area contributed by atoms with Crippen LogP contribution >= 0.6 is 23.2 Å². The molecule has 0 aliphatic heterocycles. The lowest BCUT2D eigenvalue weighted by Crippen LogP contribution is -2.51. The third-order valence-electron chi connectivity index (χ3n) is 5.42. The highest BCUT2D eigenvalue weighted by Gasteiger charge is 2.30. The minimum atomic E-state index is -3.78. The van der Waals surface area contributed by atoms with Crippen molar-refractivity contribution < 1.29 is 18.0 Å². The van der Waals surface area contributed by atoms with Crippen LogP contribution < -0.4 is 9.62 Å². The molecule has 0 bridgehead atoms. The molecule has 0 radical (unpaired) electrons. The number of amides is 2. The second-order valence-electron chi connectivity index (χ2n) is 7.98. The molecule has 0 saturated heterocycles. The van der Waals surface area contributed by atoms with Crippen LogP contribution in [0.5, 0.6) is 0 Å². The van der Waals surface area contributed by atoms with Crippen molar-refractivity contribution in [2.75, 3.05) is 23.7 Å². The highest BCUT2D eigenvalue weighted by Crippen LogP contribution is 2.27. The molecule has 0 aliphatic rings. The number of benzene rings is 2. The second kappa shape index (κ2) is 12.4. The molecule has 0 unspecified atom stereocenters. The molecule has 2 aromatic rings. The van der Waals surface area contributed by atoms with Gasteiger partial charge in [-0.2, -0.15) is 0 Å². The van der Waals surface area contributed by atoms with Gasteiger partial charge in [0.25, 0.3) is 0 Å².